The van der Waals surface area contributed by atoms with E-state index in [9.17, 15) is 4.79 Å². The molecule has 6 nitrogen and oxygen atoms in total. The Morgan fingerprint density at radius 1 is 1.28 bits per heavy atom. The molecule has 1 fully saturated rings. The molecule has 4 rings (SSSR count). The van der Waals surface area contributed by atoms with Crippen molar-refractivity contribution < 1.29 is 14.3 Å². The van der Waals surface area contributed by atoms with Crippen LogP contribution in [0.25, 0.3) is 0 Å². The normalized spacial score (nSPS) is 22.4. The number of aromatic amines is 1. The molecule has 1 amide bonds. The summed E-state index contributed by atoms with van der Waals surface area (Å²) in [5.41, 5.74) is 2.90. The van der Waals surface area contributed by atoms with Crippen LogP contribution in [-0.4, -0.2) is 35.4 Å². The van der Waals surface area contributed by atoms with Crippen LogP contribution in [0.15, 0.2) is 30.5 Å². The Hall–Kier alpha value is -2.34. The number of carbonyl (C=O) groups is 1. The maximum absolute atomic E-state index is 12.6. The minimum absolute atomic E-state index is 0.0235. The minimum Gasteiger partial charge on any atom is -0.491 e. The van der Waals surface area contributed by atoms with Gasteiger partial charge in [-0.2, -0.15) is 5.10 Å². The molecule has 1 aliphatic heterocycles. The fourth-order valence-corrected chi connectivity index (χ4v) is 3.56. The molecule has 2 aromatic rings. The number of hydrogen-bond acceptors (Lipinski definition) is 4. The van der Waals surface area contributed by atoms with Crippen molar-refractivity contribution in [2.24, 2.45) is 0 Å². The molecule has 0 unspecified atom stereocenters. The summed E-state index contributed by atoms with van der Waals surface area (Å²) in [4.78, 5) is 12.6. The summed E-state index contributed by atoms with van der Waals surface area (Å²) in [5.74, 6) is 0.691. The van der Waals surface area contributed by atoms with Crippen molar-refractivity contribution in [2.45, 2.75) is 44.1 Å². The molecule has 0 spiro atoms. The number of fused-ring (bicyclic) bond motifs is 1. The first-order valence-electron chi connectivity index (χ1n) is 8.97. The monoisotopic (exact) mass is 341 g/mol. The Kier molecular flexibility index (Phi) is 4.70. The van der Waals surface area contributed by atoms with Gasteiger partial charge in [-0.15, -0.1) is 0 Å². The molecule has 1 aromatic heterocycles. The molecule has 0 saturated carbocycles. The highest BCUT2D eigenvalue weighted by Gasteiger charge is 2.28. The highest BCUT2D eigenvalue weighted by Crippen LogP contribution is 2.31. The molecule has 132 valence electrons. The van der Waals surface area contributed by atoms with Crippen molar-refractivity contribution in [1.82, 2.24) is 10.2 Å². The molecule has 1 aromatic carbocycles. The van der Waals surface area contributed by atoms with E-state index < -0.39 is 0 Å². The maximum atomic E-state index is 12.6. The molecule has 6 heteroatoms. The van der Waals surface area contributed by atoms with Gasteiger partial charge in [0.25, 0.3) is 0 Å². The summed E-state index contributed by atoms with van der Waals surface area (Å²) in [7, 11) is 0. The molecule has 2 N–H and O–H groups in total. The number of ether oxygens (including phenoxy) is 2. The number of aryl methyl sites for hydroxylation is 1. The van der Waals surface area contributed by atoms with Gasteiger partial charge < -0.3 is 14.8 Å². The number of aromatic nitrogens is 2. The number of nitrogens with one attached hydrogen (secondary N) is 2. The summed E-state index contributed by atoms with van der Waals surface area (Å²) in [5, 5.41) is 10.1. The number of H-pyrrole nitrogens is 1. The van der Waals surface area contributed by atoms with E-state index in [4.69, 9.17) is 9.47 Å². The van der Waals surface area contributed by atoms with Crippen molar-refractivity contribution in [3.8, 4) is 5.75 Å². The standard InChI is InChI=1S/C19H23N3O3/c23-19(16-4-1-5-18-17(16)11-20-22-18)21-13-6-8-14(9-7-13)25-12-15-3-2-10-24-15/h6-9,11,15-16H,1-5,10,12H2,(H,20,22)(H,21,23)/t15-,16+/m1/s1. The number of hydrogen-bond donors (Lipinski definition) is 2. The Morgan fingerprint density at radius 3 is 2.96 bits per heavy atom. The molecule has 2 heterocycles. The van der Waals surface area contributed by atoms with Gasteiger partial charge in [0.1, 0.15) is 12.4 Å². The van der Waals surface area contributed by atoms with E-state index in [2.05, 4.69) is 15.5 Å². The first-order valence-corrected chi connectivity index (χ1v) is 8.97. The second-order valence-corrected chi connectivity index (χ2v) is 6.71. The van der Waals surface area contributed by atoms with Crippen LogP contribution in [0.1, 0.15) is 42.9 Å². The summed E-state index contributed by atoms with van der Waals surface area (Å²) < 4.78 is 11.3. The zero-order valence-electron chi connectivity index (χ0n) is 14.2. The highest BCUT2D eigenvalue weighted by atomic mass is 16.5. The smallest absolute Gasteiger partial charge is 0.232 e. The van der Waals surface area contributed by atoms with E-state index in [1.807, 2.05) is 24.3 Å². The van der Waals surface area contributed by atoms with Gasteiger partial charge in [0.05, 0.1) is 18.2 Å². The summed E-state index contributed by atoms with van der Waals surface area (Å²) in [6.45, 7) is 1.41. The average molecular weight is 341 g/mol. The van der Waals surface area contributed by atoms with E-state index in [0.717, 1.165) is 61.4 Å². The van der Waals surface area contributed by atoms with Crippen molar-refractivity contribution in [3.63, 3.8) is 0 Å². The predicted octanol–water partition coefficient (Wildman–Crippen LogP) is 3.03. The molecule has 2 atom stereocenters. The average Bonchev–Trinajstić information content (AvgIpc) is 3.32. The number of benzene rings is 1. The third kappa shape index (κ3) is 3.69. The van der Waals surface area contributed by atoms with E-state index in [1.54, 1.807) is 6.20 Å². The van der Waals surface area contributed by atoms with Gasteiger partial charge in [-0.25, -0.2) is 0 Å². The van der Waals surface area contributed by atoms with Gasteiger partial charge in [0.2, 0.25) is 5.91 Å². The zero-order valence-corrected chi connectivity index (χ0v) is 14.2. The zero-order chi connectivity index (χ0) is 17.1. The molecular formula is C19H23N3O3. The largest absolute Gasteiger partial charge is 0.491 e. The topological polar surface area (TPSA) is 76.2 Å². The van der Waals surface area contributed by atoms with Crippen LogP contribution in [0.5, 0.6) is 5.75 Å². The van der Waals surface area contributed by atoms with Crippen LogP contribution >= 0.6 is 0 Å². The Morgan fingerprint density at radius 2 is 2.16 bits per heavy atom. The Balaban J connectivity index is 1.34. The molecule has 1 aliphatic carbocycles. The van der Waals surface area contributed by atoms with Crippen LogP contribution in [0.2, 0.25) is 0 Å². The first kappa shape index (κ1) is 16.1. The van der Waals surface area contributed by atoms with Crippen LogP contribution in [0, 0.1) is 0 Å². The van der Waals surface area contributed by atoms with E-state index >= 15 is 0 Å². The van der Waals surface area contributed by atoms with Crippen LogP contribution in [-0.2, 0) is 16.0 Å². The van der Waals surface area contributed by atoms with Crippen molar-refractivity contribution in [1.29, 1.82) is 0 Å². The highest BCUT2D eigenvalue weighted by molar-refractivity contribution is 5.96. The summed E-state index contributed by atoms with van der Waals surface area (Å²) >= 11 is 0. The fraction of sp³-hybridized carbons (Fsp3) is 0.474. The van der Waals surface area contributed by atoms with Crippen LogP contribution in [0.3, 0.4) is 0 Å². The predicted molar refractivity (Wildman–Crippen MR) is 93.8 cm³/mol. The molecule has 25 heavy (non-hydrogen) atoms. The summed E-state index contributed by atoms with van der Waals surface area (Å²) in [6, 6.07) is 7.52. The number of anilines is 1. The van der Waals surface area contributed by atoms with Gasteiger partial charge in [-0.05, 0) is 56.4 Å². The quantitative estimate of drug-likeness (QED) is 0.876. The Bertz CT molecular complexity index is 720. The minimum atomic E-state index is -0.127. The van der Waals surface area contributed by atoms with Crippen molar-refractivity contribution in [3.05, 3.63) is 41.7 Å². The maximum Gasteiger partial charge on any atom is 0.232 e. The number of carbonyl (C=O) groups excluding carboxylic acids is 1. The fourth-order valence-electron chi connectivity index (χ4n) is 3.56. The lowest BCUT2D eigenvalue weighted by Gasteiger charge is -2.21. The van der Waals surface area contributed by atoms with E-state index in [1.165, 1.54) is 0 Å². The lowest BCUT2D eigenvalue weighted by Crippen LogP contribution is -2.24. The molecule has 0 bridgehead atoms. The van der Waals surface area contributed by atoms with Gasteiger partial charge >= 0.3 is 0 Å². The lowest BCUT2D eigenvalue weighted by molar-refractivity contribution is -0.117. The van der Waals surface area contributed by atoms with Crippen molar-refractivity contribution >= 4 is 11.6 Å². The molecular weight excluding hydrogens is 318 g/mol. The van der Waals surface area contributed by atoms with Crippen LogP contribution < -0.4 is 10.1 Å². The van der Waals surface area contributed by atoms with E-state index in [-0.39, 0.29) is 17.9 Å². The lowest BCUT2D eigenvalue weighted by atomic mass is 9.86. The van der Waals surface area contributed by atoms with Gasteiger partial charge in [-0.3, -0.25) is 9.89 Å². The van der Waals surface area contributed by atoms with Gasteiger partial charge in [-0.1, -0.05) is 0 Å². The Labute approximate surface area is 146 Å². The van der Waals surface area contributed by atoms with Gasteiger partial charge in [0.15, 0.2) is 0 Å². The number of rotatable bonds is 5. The molecule has 0 radical (unpaired) electrons. The molecule has 1 saturated heterocycles. The summed E-state index contributed by atoms with van der Waals surface area (Å²) in [6.07, 6.45) is 6.99. The van der Waals surface area contributed by atoms with E-state index in [0.29, 0.717) is 6.61 Å². The second kappa shape index (κ2) is 7.27. The number of amides is 1. The molecule has 2 aliphatic rings. The van der Waals surface area contributed by atoms with Gasteiger partial charge in [0, 0.05) is 23.6 Å². The third-order valence-electron chi connectivity index (χ3n) is 4.94. The third-order valence-corrected chi connectivity index (χ3v) is 4.94. The second-order valence-electron chi connectivity index (χ2n) is 6.71. The number of nitrogens with zero attached hydrogens (tertiary/aromatic N) is 1. The van der Waals surface area contributed by atoms with Crippen LogP contribution in [0.4, 0.5) is 5.69 Å². The first-order chi connectivity index (χ1) is 12.3. The van der Waals surface area contributed by atoms with Crippen molar-refractivity contribution in [2.75, 3.05) is 18.5 Å². The SMILES string of the molecule is O=C(Nc1ccc(OC[C@H]2CCCO2)cc1)[C@H]1CCCc2[nH]ncc21.